The van der Waals surface area contributed by atoms with E-state index in [-0.39, 0.29) is 33.6 Å². The predicted molar refractivity (Wildman–Crippen MR) is 173 cm³/mol. The predicted octanol–water partition coefficient (Wildman–Crippen LogP) is 4.69. The van der Waals surface area contributed by atoms with E-state index in [9.17, 15) is 25.3 Å². The summed E-state index contributed by atoms with van der Waals surface area (Å²) in [6.07, 6.45) is 1.66. The van der Waals surface area contributed by atoms with Gasteiger partial charge in [0.25, 0.3) is 11.4 Å². The van der Waals surface area contributed by atoms with Crippen molar-refractivity contribution < 1.29 is 15.0 Å². The number of aromatic nitrogens is 4. The third-order valence-electron chi connectivity index (χ3n) is 6.56. The van der Waals surface area contributed by atoms with Crippen molar-refractivity contribution in [3.63, 3.8) is 0 Å². The Morgan fingerprint density at radius 1 is 0.956 bits per heavy atom. The highest BCUT2D eigenvalue weighted by Gasteiger charge is 2.29. The number of nitrogens with one attached hydrogen (secondary N) is 1. The Balaban J connectivity index is 1.57. The second-order valence-electron chi connectivity index (χ2n) is 9.43. The van der Waals surface area contributed by atoms with E-state index in [1.807, 2.05) is 30.3 Å². The van der Waals surface area contributed by atoms with Crippen LogP contribution in [0.4, 0.5) is 11.4 Å². The molecular formula is C28H20N10O5S2. The Hall–Kier alpha value is -5.94. The number of aromatic hydroxyl groups is 1. The fraction of sp³-hybridized carbons (Fsp3) is 0.0357. The first-order chi connectivity index (χ1) is 21.7. The van der Waals surface area contributed by atoms with Gasteiger partial charge in [-0.1, -0.05) is 42.1 Å². The zero-order valence-corrected chi connectivity index (χ0v) is 24.5. The fourth-order valence-corrected chi connectivity index (χ4v) is 5.42. The van der Waals surface area contributed by atoms with Crippen LogP contribution in [-0.4, -0.2) is 56.4 Å². The van der Waals surface area contributed by atoms with E-state index in [1.165, 1.54) is 52.8 Å². The molecule has 3 aromatic carbocycles. The molecule has 0 bridgehead atoms. The molecular weight excluding hydrogens is 621 g/mol. The van der Waals surface area contributed by atoms with Gasteiger partial charge in [-0.2, -0.15) is 15.3 Å². The minimum absolute atomic E-state index is 0.0363. The summed E-state index contributed by atoms with van der Waals surface area (Å²) in [5, 5.41) is 48.6. The van der Waals surface area contributed by atoms with Crippen LogP contribution >= 0.6 is 24.0 Å². The van der Waals surface area contributed by atoms with Crippen molar-refractivity contribution in [2.75, 3.05) is 5.75 Å². The molecule has 15 nitrogen and oxygen atoms in total. The highest BCUT2D eigenvalue weighted by molar-refractivity contribution is 8.14. The molecule has 2 aromatic heterocycles. The minimum Gasteiger partial charge on any atom is -0.504 e. The maximum atomic E-state index is 11.8. The summed E-state index contributed by atoms with van der Waals surface area (Å²) in [4.78, 5) is 26.4. The van der Waals surface area contributed by atoms with Crippen molar-refractivity contribution in [2.24, 2.45) is 15.8 Å². The molecule has 4 N–H and O–H groups in total. The monoisotopic (exact) mass is 640 g/mol. The van der Waals surface area contributed by atoms with E-state index in [0.717, 1.165) is 0 Å². The van der Waals surface area contributed by atoms with Gasteiger partial charge in [-0.05, 0) is 36.5 Å². The number of hydrogen-bond acceptors (Lipinski definition) is 10. The molecule has 0 saturated carbocycles. The summed E-state index contributed by atoms with van der Waals surface area (Å²) in [7, 11) is 0. The summed E-state index contributed by atoms with van der Waals surface area (Å²) in [6.45, 7) is 0. The van der Waals surface area contributed by atoms with Gasteiger partial charge in [0.2, 0.25) is 0 Å². The molecule has 5 aromatic rings. The van der Waals surface area contributed by atoms with Crippen molar-refractivity contribution in [1.82, 2.24) is 25.0 Å². The number of hydrogen-bond donors (Lipinski definition) is 3. The lowest BCUT2D eigenvalue weighted by Gasteiger charge is -2.06. The number of para-hydroxylation sites is 1. The summed E-state index contributed by atoms with van der Waals surface area (Å²) in [5.74, 6) is 0.437. The lowest BCUT2D eigenvalue weighted by molar-refractivity contribution is -0.385. The fourth-order valence-electron chi connectivity index (χ4n) is 4.56. The first-order valence-electron chi connectivity index (χ1n) is 13.0. The van der Waals surface area contributed by atoms with Crippen LogP contribution in [0.5, 0.6) is 5.75 Å². The van der Waals surface area contributed by atoms with Crippen LogP contribution < -0.4 is 11.2 Å². The molecule has 0 atom stereocenters. The summed E-state index contributed by atoms with van der Waals surface area (Å²) < 4.78 is 3.00. The van der Waals surface area contributed by atoms with Crippen LogP contribution in [-0.2, 0) is 0 Å². The van der Waals surface area contributed by atoms with Gasteiger partial charge < -0.3 is 10.8 Å². The van der Waals surface area contributed by atoms with E-state index in [1.54, 1.807) is 23.0 Å². The minimum atomic E-state index is -0.524. The van der Waals surface area contributed by atoms with Crippen molar-refractivity contribution in [3.8, 4) is 45.2 Å². The van der Waals surface area contributed by atoms with E-state index in [2.05, 4.69) is 15.5 Å². The lowest BCUT2D eigenvalue weighted by Crippen LogP contribution is -2.25. The smallest absolute Gasteiger partial charge is 0.270 e. The molecule has 0 unspecified atom stereocenters. The zero-order valence-electron chi connectivity index (χ0n) is 22.8. The summed E-state index contributed by atoms with van der Waals surface area (Å²) >= 11 is 6.09. The number of nitrogens with zero attached hydrogens (tertiary/aromatic N) is 8. The molecule has 3 heterocycles. The number of non-ortho nitro benzene ring substituents is 2. The van der Waals surface area contributed by atoms with E-state index in [4.69, 9.17) is 28.1 Å². The Bertz CT molecular complexity index is 2040. The molecule has 6 rings (SSSR count). The Morgan fingerprint density at radius 2 is 1.69 bits per heavy atom. The topological polar surface area (TPSA) is 205 Å². The van der Waals surface area contributed by atoms with E-state index in [0.29, 0.717) is 44.8 Å². The van der Waals surface area contributed by atoms with Gasteiger partial charge in [-0.25, -0.2) is 14.4 Å². The molecule has 1 aliphatic heterocycles. The van der Waals surface area contributed by atoms with Gasteiger partial charge in [-0.3, -0.25) is 25.7 Å². The number of rotatable bonds is 7. The summed E-state index contributed by atoms with van der Waals surface area (Å²) in [5.41, 5.74) is 10.2. The average Bonchev–Trinajstić information content (AvgIpc) is 3.78. The van der Waals surface area contributed by atoms with Crippen molar-refractivity contribution >= 4 is 51.5 Å². The Kier molecular flexibility index (Phi) is 7.76. The van der Waals surface area contributed by atoms with Gasteiger partial charge in [0.05, 0.1) is 26.9 Å². The van der Waals surface area contributed by atoms with Crippen molar-refractivity contribution in [3.05, 3.63) is 105 Å². The number of aliphatic imine (C=N–C) groups is 1. The van der Waals surface area contributed by atoms with Gasteiger partial charge in [0.1, 0.15) is 17.1 Å². The van der Waals surface area contributed by atoms with Gasteiger partial charge in [0.15, 0.2) is 21.9 Å². The summed E-state index contributed by atoms with van der Waals surface area (Å²) in [6, 6.07) is 20.8. The normalized spacial score (nSPS) is 13.5. The molecule has 0 amide bonds. The number of nitro benzene ring substituents is 2. The molecule has 224 valence electrons. The first-order valence-corrected chi connectivity index (χ1v) is 14.4. The van der Waals surface area contributed by atoms with Crippen molar-refractivity contribution in [1.29, 1.82) is 0 Å². The first kappa shape index (κ1) is 29.1. The number of thiocarbonyl (C=S) groups is 1. The Labute approximate surface area is 263 Å². The van der Waals surface area contributed by atoms with Crippen LogP contribution in [0, 0.1) is 20.2 Å². The third-order valence-corrected chi connectivity index (χ3v) is 7.58. The maximum Gasteiger partial charge on any atom is 0.270 e. The molecule has 17 heteroatoms. The van der Waals surface area contributed by atoms with E-state index >= 15 is 0 Å². The standard InChI is InChI=1S/C28H20N10O5S2/c29-27(44)32-31-22-15-45-28(30-22)36-25(16-9-11-19(12-10-16)37(40)41)26(39)24(34-36)21-14-35(18-6-2-1-3-7-18)33-23(21)17-5-4-8-20(13-17)38(42)43/h1-14,39H,15H2,(H3,29,32,44)/b31-22+. The third kappa shape index (κ3) is 5.84. The van der Waals surface area contributed by atoms with Crippen molar-refractivity contribution in [2.45, 2.75) is 0 Å². The highest BCUT2D eigenvalue weighted by Crippen LogP contribution is 2.43. The second-order valence-corrected chi connectivity index (χ2v) is 10.8. The number of nitrogens with two attached hydrogens (primary N) is 1. The largest absolute Gasteiger partial charge is 0.504 e. The second kappa shape index (κ2) is 12.0. The van der Waals surface area contributed by atoms with Crippen LogP contribution in [0.3, 0.4) is 0 Å². The highest BCUT2D eigenvalue weighted by atomic mass is 32.2. The van der Waals surface area contributed by atoms with Gasteiger partial charge in [-0.15, -0.1) is 0 Å². The molecule has 45 heavy (non-hydrogen) atoms. The molecule has 1 aliphatic rings. The quantitative estimate of drug-likeness (QED) is 0.126. The number of benzene rings is 3. The molecule has 0 radical (unpaired) electrons. The van der Waals surface area contributed by atoms with E-state index < -0.39 is 9.85 Å². The van der Waals surface area contributed by atoms with Gasteiger partial charge in [0, 0.05) is 41.6 Å². The lowest BCUT2D eigenvalue weighted by atomic mass is 10.0. The molecule has 0 spiro atoms. The average molecular weight is 641 g/mol. The molecule has 0 aliphatic carbocycles. The maximum absolute atomic E-state index is 11.8. The molecule has 0 saturated heterocycles. The number of thioether (sulfide) groups is 1. The number of amidine groups is 1. The Morgan fingerprint density at radius 3 is 2.38 bits per heavy atom. The molecule has 0 fully saturated rings. The van der Waals surface area contributed by atoms with Crippen LogP contribution in [0.25, 0.3) is 39.5 Å². The van der Waals surface area contributed by atoms with Crippen LogP contribution in [0.1, 0.15) is 0 Å². The number of hydrazone groups is 1. The number of nitro groups is 2. The van der Waals surface area contributed by atoms with Gasteiger partial charge >= 0.3 is 0 Å². The van der Waals surface area contributed by atoms with Crippen LogP contribution in [0.15, 0.2) is 95.2 Å². The van der Waals surface area contributed by atoms with Crippen LogP contribution in [0.2, 0.25) is 0 Å². The SMILES string of the molecule is NC(=S)N/N=C1\CSC(n2nc(-c3cn(-c4ccccc4)nc3-c3cccc([N+](=O)[O-])c3)c(O)c2-c2ccc([N+](=O)[O-])cc2)=N1. The zero-order chi connectivity index (χ0) is 31.7.